The molecule has 3 rings (SSSR count). The van der Waals surface area contributed by atoms with Crippen LogP contribution in [0, 0.1) is 0 Å². The molecule has 1 saturated heterocycles. The highest BCUT2D eigenvalue weighted by molar-refractivity contribution is 6.01. The predicted octanol–water partition coefficient (Wildman–Crippen LogP) is 1.18. The maximum Gasteiger partial charge on any atom is 0.256 e. The van der Waals surface area contributed by atoms with Crippen molar-refractivity contribution in [2.45, 2.75) is 18.5 Å². The summed E-state index contributed by atoms with van der Waals surface area (Å²) < 4.78 is 0. The van der Waals surface area contributed by atoms with Gasteiger partial charge in [-0.1, -0.05) is 0 Å². The first-order valence-electron chi connectivity index (χ1n) is 5.95. The number of pyridine rings is 1. The van der Waals surface area contributed by atoms with Gasteiger partial charge in [-0.2, -0.15) is 0 Å². The van der Waals surface area contributed by atoms with Gasteiger partial charge in [0.25, 0.3) is 5.91 Å². The number of carbonyl (C=O) groups excluding carboxylic acids is 1. The molecular weight excluding hydrogens is 287 g/mol. The van der Waals surface area contributed by atoms with E-state index >= 15 is 0 Å². The minimum absolute atomic E-state index is 0. The number of anilines is 1. The van der Waals surface area contributed by atoms with E-state index in [1.165, 1.54) is 0 Å². The zero-order valence-corrected chi connectivity index (χ0v) is 12.3. The molecule has 0 bridgehead atoms. The second-order valence-corrected chi connectivity index (χ2v) is 4.67. The zero-order chi connectivity index (χ0) is 11.9. The van der Waals surface area contributed by atoms with Gasteiger partial charge < -0.3 is 15.5 Å². The number of piperidine rings is 1. The molecule has 7 heteroatoms. The maximum atomic E-state index is 12.1. The number of aromatic nitrogens is 1. The highest BCUT2D eigenvalue weighted by atomic mass is 35.5. The van der Waals surface area contributed by atoms with Gasteiger partial charge in [0, 0.05) is 26.1 Å². The maximum absolute atomic E-state index is 12.1. The molecule has 1 amide bonds. The highest BCUT2D eigenvalue weighted by Crippen LogP contribution is 2.32. The first-order valence-corrected chi connectivity index (χ1v) is 5.95. The second kappa shape index (κ2) is 5.94. The van der Waals surface area contributed by atoms with E-state index < -0.39 is 0 Å². The van der Waals surface area contributed by atoms with Crippen molar-refractivity contribution in [1.29, 1.82) is 0 Å². The molecule has 0 aliphatic carbocycles. The zero-order valence-electron chi connectivity index (χ0n) is 10.7. The van der Waals surface area contributed by atoms with Crippen molar-refractivity contribution in [3.05, 3.63) is 23.9 Å². The fraction of sp³-hybridized carbons (Fsp3) is 0.500. The van der Waals surface area contributed by atoms with E-state index in [-0.39, 0.29) is 36.4 Å². The van der Waals surface area contributed by atoms with Crippen LogP contribution in [0.15, 0.2) is 18.3 Å². The molecule has 0 unspecified atom stereocenters. The Labute approximate surface area is 125 Å². The number of amides is 1. The van der Waals surface area contributed by atoms with Crippen molar-refractivity contribution >= 4 is 36.5 Å². The summed E-state index contributed by atoms with van der Waals surface area (Å²) in [5.41, 5.74) is 0.406. The van der Waals surface area contributed by atoms with Crippen molar-refractivity contribution in [3.63, 3.8) is 0 Å². The fourth-order valence-electron chi connectivity index (χ4n) is 2.71. The molecule has 2 aliphatic rings. The smallest absolute Gasteiger partial charge is 0.256 e. The van der Waals surface area contributed by atoms with Crippen LogP contribution in [-0.2, 0) is 0 Å². The molecule has 5 nitrogen and oxygen atoms in total. The van der Waals surface area contributed by atoms with Crippen LogP contribution < -0.4 is 15.5 Å². The minimum atomic E-state index is -0.260. The molecule has 106 valence electrons. The van der Waals surface area contributed by atoms with Gasteiger partial charge in [0.2, 0.25) is 0 Å². The van der Waals surface area contributed by atoms with Gasteiger partial charge in [0.15, 0.2) is 0 Å². The lowest BCUT2D eigenvalue weighted by Gasteiger charge is -2.48. The number of nitrogens with one attached hydrogen (secondary N) is 2. The molecule has 0 saturated carbocycles. The van der Waals surface area contributed by atoms with Gasteiger partial charge in [-0.25, -0.2) is 4.98 Å². The first kappa shape index (κ1) is 16.0. The van der Waals surface area contributed by atoms with Gasteiger partial charge in [-0.3, -0.25) is 4.79 Å². The van der Waals surface area contributed by atoms with Crippen LogP contribution in [0.5, 0.6) is 0 Å². The Morgan fingerprint density at radius 2 is 2.00 bits per heavy atom. The van der Waals surface area contributed by atoms with E-state index in [4.69, 9.17) is 0 Å². The van der Waals surface area contributed by atoms with Crippen molar-refractivity contribution in [3.8, 4) is 0 Å². The summed E-state index contributed by atoms with van der Waals surface area (Å²) in [5, 5.41) is 6.46. The average Bonchev–Trinajstić information content (AvgIpc) is 2.37. The van der Waals surface area contributed by atoms with Crippen LogP contribution in [0.25, 0.3) is 0 Å². The molecule has 1 spiro atoms. The van der Waals surface area contributed by atoms with Crippen LogP contribution in [0.1, 0.15) is 23.2 Å². The lowest BCUT2D eigenvalue weighted by Crippen LogP contribution is -2.66. The van der Waals surface area contributed by atoms with Gasteiger partial charge in [0.1, 0.15) is 11.5 Å². The van der Waals surface area contributed by atoms with Crippen LogP contribution in [-0.4, -0.2) is 36.7 Å². The Kier molecular flexibility index (Phi) is 5.01. The van der Waals surface area contributed by atoms with Crippen molar-refractivity contribution in [1.82, 2.24) is 15.6 Å². The second-order valence-electron chi connectivity index (χ2n) is 4.67. The van der Waals surface area contributed by atoms with Crippen LogP contribution >= 0.6 is 24.8 Å². The van der Waals surface area contributed by atoms with Crippen molar-refractivity contribution in [2.75, 3.05) is 25.0 Å². The number of rotatable bonds is 0. The lowest BCUT2D eigenvalue weighted by atomic mass is 9.93. The van der Waals surface area contributed by atoms with Gasteiger partial charge in [-0.15, -0.1) is 24.8 Å². The minimum Gasteiger partial charge on any atom is -0.336 e. The molecule has 1 aromatic rings. The van der Waals surface area contributed by atoms with Gasteiger partial charge in [-0.05, 0) is 25.2 Å². The Balaban J connectivity index is 0.000000902. The van der Waals surface area contributed by atoms with Crippen LogP contribution in [0.2, 0.25) is 0 Å². The van der Waals surface area contributed by atoms with E-state index in [0.717, 1.165) is 31.7 Å². The molecule has 1 aromatic heterocycles. The summed E-state index contributed by atoms with van der Waals surface area (Å²) >= 11 is 0. The summed E-state index contributed by atoms with van der Waals surface area (Å²) in [4.78, 5) is 18.6. The van der Waals surface area contributed by atoms with Crippen LogP contribution in [0.3, 0.4) is 0 Å². The molecule has 19 heavy (non-hydrogen) atoms. The lowest BCUT2D eigenvalue weighted by molar-refractivity contribution is 0.0854. The molecule has 0 aromatic carbocycles. The van der Waals surface area contributed by atoms with E-state index in [0.29, 0.717) is 5.56 Å². The fourth-order valence-corrected chi connectivity index (χ4v) is 2.71. The van der Waals surface area contributed by atoms with Gasteiger partial charge in [0.05, 0.1) is 5.56 Å². The van der Waals surface area contributed by atoms with Gasteiger partial charge >= 0.3 is 0 Å². The number of hydrogen-bond donors (Lipinski definition) is 2. The summed E-state index contributed by atoms with van der Waals surface area (Å²) in [6.45, 7) is 1.85. The van der Waals surface area contributed by atoms with E-state index in [1.807, 2.05) is 13.1 Å². The largest absolute Gasteiger partial charge is 0.336 e. The monoisotopic (exact) mass is 304 g/mol. The molecule has 0 atom stereocenters. The molecular formula is C12H18Cl2N4O. The third-order valence-corrected chi connectivity index (χ3v) is 3.77. The Bertz CT molecular complexity index is 463. The summed E-state index contributed by atoms with van der Waals surface area (Å²) in [6.07, 6.45) is 3.55. The van der Waals surface area contributed by atoms with Crippen molar-refractivity contribution < 1.29 is 4.79 Å². The summed E-state index contributed by atoms with van der Waals surface area (Å²) in [7, 11) is 2.01. The Morgan fingerprint density at radius 3 is 2.68 bits per heavy atom. The third-order valence-electron chi connectivity index (χ3n) is 3.77. The number of halogens is 2. The summed E-state index contributed by atoms with van der Waals surface area (Å²) in [5.74, 6) is 0.784. The van der Waals surface area contributed by atoms with E-state index in [1.54, 1.807) is 12.3 Å². The number of nitrogens with zero attached hydrogens (tertiary/aromatic N) is 2. The number of hydrogen-bond acceptors (Lipinski definition) is 4. The normalized spacial score (nSPS) is 19.8. The SMILES string of the molecule is CN1c2ncccc2C(=O)NC12CCNCC2.Cl.Cl. The standard InChI is InChI=1S/C12H16N4O.2ClH/c1-16-10-9(3-2-6-14-10)11(17)15-12(16)4-7-13-8-5-12;;/h2-3,6,13H,4-5,7-8H2,1H3,(H,15,17);2*1H. The Morgan fingerprint density at radius 1 is 1.32 bits per heavy atom. The molecule has 2 aliphatic heterocycles. The quantitative estimate of drug-likeness (QED) is 0.756. The van der Waals surface area contributed by atoms with E-state index in [2.05, 4.69) is 20.5 Å². The molecule has 3 heterocycles. The number of carbonyl (C=O) groups is 1. The first-order chi connectivity index (χ1) is 8.23. The Hall–Kier alpha value is -1.04. The molecule has 2 N–H and O–H groups in total. The highest BCUT2D eigenvalue weighted by Gasteiger charge is 2.43. The van der Waals surface area contributed by atoms with Crippen LogP contribution in [0.4, 0.5) is 5.82 Å². The topological polar surface area (TPSA) is 57.3 Å². The van der Waals surface area contributed by atoms with Crippen molar-refractivity contribution in [2.24, 2.45) is 0 Å². The molecule has 0 radical (unpaired) electrons. The van der Waals surface area contributed by atoms with E-state index in [9.17, 15) is 4.79 Å². The predicted molar refractivity (Wildman–Crippen MR) is 79.4 cm³/mol. The third kappa shape index (κ3) is 2.50. The summed E-state index contributed by atoms with van der Waals surface area (Å²) in [6, 6.07) is 3.62. The average molecular weight is 305 g/mol. The number of fused-ring (bicyclic) bond motifs is 1. The molecule has 1 fully saturated rings.